The third-order valence-electron chi connectivity index (χ3n) is 3.42. The average Bonchev–Trinajstić information content (AvgIpc) is 2.74. The van der Waals surface area contributed by atoms with E-state index in [9.17, 15) is 4.39 Å². The SMILES string of the molecule is CC(c1ccc(Br)cc1)n1c(=S)[nH]c2ccc(F)cc21. The zero-order valence-electron chi connectivity index (χ0n) is 10.7. The summed E-state index contributed by atoms with van der Waals surface area (Å²) in [6.45, 7) is 2.05. The molecule has 2 nitrogen and oxygen atoms in total. The lowest BCUT2D eigenvalue weighted by Crippen LogP contribution is -2.06. The van der Waals surface area contributed by atoms with E-state index in [0.717, 1.165) is 21.1 Å². The fraction of sp³-hybridized carbons (Fsp3) is 0.133. The van der Waals surface area contributed by atoms with Crippen LogP contribution in [0.3, 0.4) is 0 Å². The van der Waals surface area contributed by atoms with Crippen molar-refractivity contribution in [3.05, 3.63) is 63.1 Å². The number of aromatic nitrogens is 2. The molecule has 1 heterocycles. The van der Waals surface area contributed by atoms with E-state index in [4.69, 9.17) is 12.2 Å². The molecular formula is C15H12BrFN2S. The number of hydrogen-bond donors (Lipinski definition) is 1. The van der Waals surface area contributed by atoms with Crippen molar-refractivity contribution in [3.63, 3.8) is 0 Å². The van der Waals surface area contributed by atoms with Gasteiger partial charge in [0.25, 0.3) is 0 Å². The summed E-state index contributed by atoms with van der Waals surface area (Å²) in [5.41, 5.74) is 2.75. The lowest BCUT2D eigenvalue weighted by Gasteiger charge is -2.15. The van der Waals surface area contributed by atoms with E-state index in [1.807, 2.05) is 28.8 Å². The van der Waals surface area contributed by atoms with Crippen molar-refractivity contribution in [2.24, 2.45) is 0 Å². The van der Waals surface area contributed by atoms with Gasteiger partial charge in [0, 0.05) is 4.47 Å². The van der Waals surface area contributed by atoms with Crippen molar-refractivity contribution in [2.45, 2.75) is 13.0 Å². The van der Waals surface area contributed by atoms with Gasteiger partial charge in [-0.2, -0.15) is 0 Å². The van der Waals surface area contributed by atoms with E-state index in [1.54, 1.807) is 6.07 Å². The molecule has 1 N–H and O–H groups in total. The third kappa shape index (κ3) is 2.31. The summed E-state index contributed by atoms with van der Waals surface area (Å²) >= 11 is 8.80. The van der Waals surface area contributed by atoms with Crippen LogP contribution in [0.5, 0.6) is 0 Å². The number of nitrogens with zero attached hydrogens (tertiary/aromatic N) is 1. The maximum atomic E-state index is 13.5. The number of fused-ring (bicyclic) bond motifs is 1. The van der Waals surface area contributed by atoms with Gasteiger partial charge in [0.2, 0.25) is 0 Å². The molecule has 0 amide bonds. The zero-order valence-corrected chi connectivity index (χ0v) is 13.1. The molecule has 0 saturated carbocycles. The van der Waals surface area contributed by atoms with E-state index in [0.29, 0.717) is 4.77 Å². The molecule has 1 aromatic heterocycles. The molecule has 3 rings (SSSR count). The fourth-order valence-corrected chi connectivity index (χ4v) is 3.00. The number of hydrogen-bond acceptors (Lipinski definition) is 1. The van der Waals surface area contributed by atoms with Crippen LogP contribution in [-0.2, 0) is 0 Å². The Morgan fingerprint density at radius 1 is 1.20 bits per heavy atom. The second kappa shape index (κ2) is 5.14. The van der Waals surface area contributed by atoms with Gasteiger partial charge in [-0.1, -0.05) is 28.1 Å². The minimum Gasteiger partial charge on any atom is -0.331 e. The molecule has 2 aromatic carbocycles. The lowest BCUT2D eigenvalue weighted by molar-refractivity contribution is 0.622. The summed E-state index contributed by atoms with van der Waals surface area (Å²) in [7, 11) is 0. The Bertz CT molecular complexity index is 820. The zero-order chi connectivity index (χ0) is 14.3. The molecule has 0 radical (unpaired) electrons. The largest absolute Gasteiger partial charge is 0.331 e. The first-order chi connectivity index (χ1) is 9.56. The normalized spacial score (nSPS) is 12.8. The van der Waals surface area contributed by atoms with Gasteiger partial charge in [-0.05, 0) is 55.0 Å². The molecule has 0 aliphatic heterocycles. The first-order valence-corrected chi connectivity index (χ1v) is 7.41. The predicted octanol–water partition coefficient (Wildman–Crippen LogP) is 5.21. The highest BCUT2D eigenvalue weighted by Crippen LogP contribution is 2.26. The van der Waals surface area contributed by atoms with Crippen molar-refractivity contribution in [2.75, 3.05) is 0 Å². The van der Waals surface area contributed by atoms with Gasteiger partial charge in [-0.25, -0.2) is 4.39 Å². The van der Waals surface area contributed by atoms with Gasteiger partial charge in [0.15, 0.2) is 4.77 Å². The highest BCUT2D eigenvalue weighted by atomic mass is 79.9. The van der Waals surface area contributed by atoms with Crippen LogP contribution in [0.15, 0.2) is 46.9 Å². The fourth-order valence-electron chi connectivity index (χ4n) is 2.37. The number of imidazole rings is 1. The Kier molecular flexibility index (Phi) is 3.48. The molecule has 0 saturated heterocycles. The Morgan fingerprint density at radius 3 is 2.60 bits per heavy atom. The van der Waals surface area contributed by atoms with Crippen LogP contribution in [0, 0.1) is 10.6 Å². The molecule has 1 atom stereocenters. The van der Waals surface area contributed by atoms with Gasteiger partial charge in [-0.3, -0.25) is 0 Å². The maximum absolute atomic E-state index is 13.5. The molecule has 0 aliphatic rings. The Balaban J connectivity index is 2.18. The van der Waals surface area contributed by atoms with Crippen molar-refractivity contribution >= 4 is 39.2 Å². The molecule has 102 valence electrons. The molecule has 0 spiro atoms. The van der Waals surface area contributed by atoms with Crippen molar-refractivity contribution < 1.29 is 4.39 Å². The summed E-state index contributed by atoms with van der Waals surface area (Å²) in [4.78, 5) is 3.12. The third-order valence-corrected chi connectivity index (χ3v) is 4.25. The van der Waals surface area contributed by atoms with E-state index < -0.39 is 0 Å². The number of rotatable bonds is 2. The summed E-state index contributed by atoms with van der Waals surface area (Å²) < 4.78 is 17.0. The second-order valence-electron chi connectivity index (χ2n) is 4.69. The topological polar surface area (TPSA) is 20.7 Å². The first kappa shape index (κ1) is 13.5. The molecule has 3 aromatic rings. The van der Waals surface area contributed by atoms with E-state index in [-0.39, 0.29) is 11.9 Å². The van der Waals surface area contributed by atoms with Gasteiger partial charge in [-0.15, -0.1) is 0 Å². The summed E-state index contributed by atoms with van der Waals surface area (Å²) in [6.07, 6.45) is 0. The highest BCUT2D eigenvalue weighted by Gasteiger charge is 2.13. The number of H-pyrrole nitrogens is 1. The van der Waals surface area contributed by atoms with Crippen LogP contribution < -0.4 is 0 Å². The minimum absolute atomic E-state index is 0.0335. The molecule has 0 fully saturated rings. The van der Waals surface area contributed by atoms with Crippen LogP contribution in [0.2, 0.25) is 0 Å². The van der Waals surface area contributed by atoms with Gasteiger partial charge < -0.3 is 9.55 Å². The highest BCUT2D eigenvalue weighted by molar-refractivity contribution is 9.10. The molecular weight excluding hydrogens is 339 g/mol. The van der Waals surface area contributed by atoms with Crippen LogP contribution in [0.25, 0.3) is 11.0 Å². The van der Waals surface area contributed by atoms with Crippen LogP contribution >= 0.6 is 28.1 Å². The number of aromatic amines is 1. The van der Waals surface area contributed by atoms with Crippen molar-refractivity contribution in [3.8, 4) is 0 Å². The lowest BCUT2D eigenvalue weighted by atomic mass is 10.1. The Labute approximate surface area is 129 Å². The standard InChI is InChI=1S/C15H12BrFN2S/c1-9(10-2-4-11(16)5-3-10)19-14-8-12(17)6-7-13(14)18-15(19)20/h2-9H,1H3,(H,18,20). The molecule has 0 bridgehead atoms. The molecule has 0 aliphatic carbocycles. The number of nitrogens with one attached hydrogen (secondary N) is 1. The van der Waals surface area contributed by atoms with E-state index in [2.05, 4.69) is 27.8 Å². The maximum Gasteiger partial charge on any atom is 0.178 e. The first-order valence-electron chi connectivity index (χ1n) is 6.21. The average molecular weight is 351 g/mol. The number of halogens is 2. The monoisotopic (exact) mass is 350 g/mol. The van der Waals surface area contributed by atoms with Crippen LogP contribution in [0.4, 0.5) is 4.39 Å². The predicted molar refractivity (Wildman–Crippen MR) is 85.0 cm³/mol. The summed E-state index contributed by atoms with van der Waals surface area (Å²) in [5, 5.41) is 0. The quantitative estimate of drug-likeness (QED) is 0.629. The number of benzene rings is 2. The molecule has 20 heavy (non-hydrogen) atoms. The Morgan fingerprint density at radius 2 is 1.90 bits per heavy atom. The minimum atomic E-state index is -0.261. The molecule has 5 heteroatoms. The van der Waals surface area contributed by atoms with Crippen molar-refractivity contribution in [1.29, 1.82) is 0 Å². The smallest absolute Gasteiger partial charge is 0.178 e. The van der Waals surface area contributed by atoms with Gasteiger partial charge >= 0.3 is 0 Å². The van der Waals surface area contributed by atoms with Crippen molar-refractivity contribution in [1.82, 2.24) is 9.55 Å². The van der Waals surface area contributed by atoms with Crippen LogP contribution in [0.1, 0.15) is 18.5 Å². The van der Waals surface area contributed by atoms with Crippen LogP contribution in [-0.4, -0.2) is 9.55 Å². The van der Waals surface area contributed by atoms with Gasteiger partial charge in [0.1, 0.15) is 5.82 Å². The summed E-state index contributed by atoms with van der Waals surface area (Å²) in [6, 6.07) is 12.7. The van der Waals surface area contributed by atoms with E-state index >= 15 is 0 Å². The second-order valence-corrected chi connectivity index (χ2v) is 5.99. The summed E-state index contributed by atoms with van der Waals surface area (Å²) in [5.74, 6) is -0.261. The van der Waals surface area contributed by atoms with Gasteiger partial charge in [0.05, 0.1) is 17.1 Å². The van der Waals surface area contributed by atoms with E-state index in [1.165, 1.54) is 12.1 Å². The Hall–Kier alpha value is -1.46. The molecule has 1 unspecified atom stereocenters.